The Labute approximate surface area is 132 Å². The summed E-state index contributed by atoms with van der Waals surface area (Å²) in [6.07, 6.45) is 0. The average molecular weight is 313 g/mol. The maximum absolute atomic E-state index is 11.9. The van der Waals surface area contributed by atoms with Crippen LogP contribution in [0.4, 0.5) is 5.69 Å². The highest BCUT2D eigenvalue weighted by Gasteiger charge is 2.16. The Bertz CT molecular complexity index is 778. The van der Waals surface area contributed by atoms with Crippen LogP contribution in [0.2, 0.25) is 0 Å². The lowest BCUT2D eigenvalue weighted by atomic mass is 10.1. The van der Waals surface area contributed by atoms with E-state index in [-0.39, 0.29) is 11.8 Å². The molecule has 0 spiro atoms. The number of amides is 1. The summed E-state index contributed by atoms with van der Waals surface area (Å²) >= 11 is 1.55. The summed E-state index contributed by atoms with van der Waals surface area (Å²) in [6, 6.07) is 11.3. The van der Waals surface area contributed by atoms with E-state index in [1.54, 1.807) is 11.3 Å². The van der Waals surface area contributed by atoms with Gasteiger partial charge in [-0.3, -0.25) is 4.79 Å². The predicted octanol–water partition coefficient (Wildman–Crippen LogP) is 4.06. The van der Waals surface area contributed by atoms with Crippen molar-refractivity contribution in [2.24, 2.45) is 5.92 Å². The van der Waals surface area contributed by atoms with Crippen molar-refractivity contribution < 1.29 is 9.32 Å². The van der Waals surface area contributed by atoms with Crippen LogP contribution in [0.15, 0.2) is 46.3 Å². The van der Waals surface area contributed by atoms with Crippen LogP contribution >= 0.6 is 11.3 Å². The lowest BCUT2D eigenvalue weighted by molar-refractivity contribution is -0.118. The molecule has 2 aromatic heterocycles. The number of aromatic nitrogens is 2. The van der Waals surface area contributed by atoms with Gasteiger partial charge >= 0.3 is 0 Å². The Morgan fingerprint density at radius 1 is 1.23 bits per heavy atom. The van der Waals surface area contributed by atoms with Crippen molar-refractivity contribution in [3.05, 3.63) is 41.8 Å². The molecule has 0 aliphatic heterocycles. The van der Waals surface area contributed by atoms with Crippen LogP contribution < -0.4 is 5.32 Å². The van der Waals surface area contributed by atoms with Gasteiger partial charge in [-0.15, -0.1) is 11.3 Å². The minimum Gasteiger partial charge on any atom is -0.334 e. The first kappa shape index (κ1) is 14.5. The van der Waals surface area contributed by atoms with E-state index in [4.69, 9.17) is 4.52 Å². The van der Waals surface area contributed by atoms with E-state index in [1.807, 2.05) is 55.6 Å². The first-order valence-corrected chi connectivity index (χ1v) is 7.81. The van der Waals surface area contributed by atoms with Gasteiger partial charge in [0.2, 0.25) is 11.7 Å². The summed E-state index contributed by atoms with van der Waals surface area (Å²) in [5, 5.41) is 8.85. The Hall–Kier alpha value is -2.47. The van der Waals surface area contributed by atoms with E-state index in [1.165, 1.54) is 0 Å². The molecule has 5 nitrogen and oxygen atoms in total. The zero-order valence-corrected chi connectivity index (χ0v) is 13.1. The number of anilines is 1. The molecule has 1 N–H and O–H groups in total. The molecule has 0 saturated heterocycles. The summed E-state index contributed by atoms with van der Waals surface area (Å²) < 4.78 is 5.35. The molecular formula is C16H15N3O2S. The molecule has 0 bridgehead atoms. The number of benzene rings is 1. The van der Waals surface area contributed by atoms with Crippen LogP contribution in [-0.2, 0) is 4.79 Å². The van der Waals surface area contributed by atoms with Gasteiger partial charge in [-0.05, 0) is 23.6 Å². The van der Waals surface area contributed by atoms with Crippen LogP contribution in [0.1, 0.15) is 13.8 Å². The summed E-state index contributed by atoms with van der Waals surface area (Å²) in [4.78, 5) is 17.3. The molecule has 112 valence electrons. The standard InChI is InChI=1S/C16H15N3O2S/c1-10(2)15(20)17-12-7-4-3-6-11(12)16-18-14(19-21-16)13-8-5-9-22-13/h3-10H,1-2H3,(H,17,20). The number of nitrogens with one attached hydrogen (secondary N) is 1. The first-order chi connectivity index (χ1) is 10.6. The number of rotatable bonds is 4. The molecule has 0 radical (unpaired) electrons. The van der Waals surface area contributed by atoms with Crippen LogP contribution in [0, 0.1) is 5.92 Å². The summed E-state index contributed by atoms with van der Waals surface area (Å²) in [7, 11) is 0. The SMILES string of the molecule is CC(C)C(=O)Nc1ccccc1-c1nc(-c2cccs2)no1. The van der Waals surface area contributed by atoms with Crippen molar-refractivity contribution in [3.8, 4) is 22.2 Å². The third-order valence-corrected chi connectivity index (χ3v) is 3.97. The Kier molecular flexibility index (Phi) is 4.02. The fourth-order valence-corrected chi connectivity index (χ4v) is 2.54. The molecule has 3 rings (SSSR count). The van der Waals surface area contributed by atoms with E-state index in [0.29, 0.717) is 23.0 Å². The molecule has 2 heterocycles. The quantitative estimate of drug-likeness (QED) is 0.788. The van der Waals surface area contributed by atoms with Gasteiger partial charge in [-0.25, -0.2) is 0 Å². The Morgan fingerprint density at radius 3 is 2.77 bits per heavy atom. The third-order valence-electron chi connectivity index (χ3n) is 3.11. The third kappa shape index (κ3) is 2.92. The highest BCUT2D eigenvalue weighted by Crippen LogP contribution is 2.29. The van der Waals surface area contributed by atoms with Crippen molar-refractivity contribution in [1.29, 1.82) is 0 Å². The lowest BCUT2D eigenvalue weighted by Gasteiger charge is -2.10. The second-order valence-electron chi connectivity index (χ2n) is 5.09. The number of para-hydroxylation sites is 1. The zero-order valence-electron chi connectivity index (χ0n) is 12.2. The van der Waals surface area contributed by atoms with Crippen molar-refractivity contribution in [1.82, 2.24) is 10.1 Å². The molecule has 0 aliphatic carbocycles. The largest absolute Gasteiger partial charge is 0.334 e. The molecule has 22 heavy (non-hydrogen) atoms. The molecule has 0 atom stereocenters. The number of carbonyl (C=O) groups excluding carboxylic acids is 1. The van der Waals surface area contributed by atoms with Gasteiger partial charge in [0.15, 0.2) is 0 Å². The fraction of sp³-hybridized carbons (Fsp3) is 0.188. The Balaban J connectivity index is 1.94. The van der Waals surface area contributed by atoms with Crippen molar-refractivity contribution in [2.45, 2.75) is 13.8 Å². The minimum atomic E-state index is -0.0996. The van der Waals surface area contributed by atoms with Gasteiger partial charge < -0.3 is 9.84 Å². The maximum atomic E-state index is 11.9. The summed E-state index contributed by atoms with van der Waals surface area (Å²) in [6.45, 7) is 3.69. The monoisotopic (exact) mass is 313 g/mol. The van der Waals surface area contributed by atoms with Crippen LogP contribution in [0.25, 0.3) is 22.2 Å². The zero-order chi connectivity index (χ0) is 15.5. The van der Waals surface area contributed by atoms with Gasteiger partial charge in [0.1, 0.15) is 0 Å². The summed E-state index contributed by atoms with van der Waals surface area (Å²) in [5.41, 5.74) is 1.38. The van der Waals surface area contributed by atoms with E-state index in [0.717, 1.165) is 4.88 Å². The van der Waals surface area contributed by atoms with E-state index in [9.17, 15) is 4.79 Å². The maximum Gasteiger partial charge on any atom is 0.260 e. The van der Waals surface area contributed by atoms with Gasteiger partial charge in [0.25, 0.3) is 5.89 Å². The minimum absolute atomic E-state index is 0.0505. The molecule has 0 unspecified atom stereocenters. The Morgan fingerprint density at radius 2 is 2.05 bits per heavy atom. The van der Waals surface area contributed by atoms with Crippen LogP contribution in [0.5, 0.6) is 0 Å². The molecule has 6 heteroatoms. The van der Waals surface area contributed by atoms with Crippen molar-refractivity contribution >= 4 is 22.9 Å². The molecular weight excluding hydrogens is 298 g/mol. The van der Waals surface area contributed by atoms with Crippen molar-refractivity contribution in [3.63, 3.8) is 0 Å². The van der Waals surface area contributed by atoms with E-state index >= 15 is 0 Å². The summed E-state index contributed by atoms with van der Waals surface area (Å²) in [5.74, 6) is 0.793. The second kappa shape index (κ2) is 6.11. The predicted molar refractivity (Wildman–Crippen MR) is 86.5 cm³/mol. The molecule has 1 amide bonds. The second-order valence-corrected chi connectivity index (χ2v) is 6.04. The number of thiophene rings is 1. The van der Waals surface area contributed by atoms with E-state index in [2.05, 4.69) is 15.5 Å². The number of carbonyl (C=O) groups is 1. The van der Waals surface area contributed by atoms with Crippen LogP contribution in [-0.4, -0.2) is 16.0 Å². The number of nitrogens with zero attached hydrogens (tertiary/aromatic N) is 2. The van der Waals surface area contributed by atoms with Gasteiger partial charge in [-0.1, -0.05) is 37.2 Å². The normalized spacial score (nSPS) is 10.9. The highest BCUT2D eigenvalue weighted by atomic mass is 32.1. The topological polar surface area (TPSA) is 68.0 Å². The number of hydrogen-bond donors (Lipinski definition) is 1. The average Bonchev–Trinajstić information content (AvgIpc) is 3.19. The molecule has 0 aliphatic rings. The molecule has 3 aromatic rings. The highest BCUT2D eigenvalue weighted by molar-refractivity contribution is 7.13. The molecule has 0 fully saturated rings. The van der Waals surface area contributed by atoms with Gasteiger partial charge in [0.05, 0.1) is 16.1 Å². The lowest BCUT2D eigenvalue weighted by Crippen LogP contribution is -2.18. The molecule has 0 saturated carbocycles. The number of hydrogen-bond acceptors (Lipinski definition) is 5. The molecule has 1 aromatic carbocycles. The van der Waals surface area contributed by atoms with Crippen LogP contribution in [0.3, 0.4) is 0 Å². The fourth-order valence-electron chi connectivity index (χ4n) is 1.89. The van der Waals surface area contributed by atoms with Gasteiger partial charge in [-0.2, -0.15) is 4.98 Å². The smallest absolute Gasteiger partial charge is 0.260 e. The van der Waals surface area contributed by atoms with Crippen molar-refractivity contribution in [2.75, 3.05) is 5.32 Å². The van der Waals surface area contributed by atoms with E-state index < -0.39 is 0 Å². The van der Waals surface area contributed by atoms with Gasteiger partial charge in [0, 0.05) is 5.92 Å². The first-order valence-electron chi connectivity index (χ1n) is 6.93.